The summed E-state index contributed by atoms with van der Waals surface area (Å²) >= 11 is 1.70. The van der Waals surface area contributed by atoms with Gasteiger partial charge in [0.15, 0.2) is 0 Å². The Labute approximate surface area is 89.5 Å². The lowest BCUT2D eigenvalue weighted by atomic mass is 10.2. The van der Waals surface area contributed by atoms with Gasteiger partial charge in [-0.15, -0.1) is 11.3 Å². The van der Waals surface area contributed by atoms with E-state index in [2.05, 4.69) is 24.1 Å². The molecule has 1 aromatic heterocycles. The van der Waals surface area contributed by atoms with E-state index in [0.29, 0.717) is 6.04 Å². The van der Waals surface area contributed by atoms with Crippen molar-refractivity contribution in [2.75, 3.05) is 7.11 Å². The predicted octanol–water partition coefficient (Wildman–Crippen LogP) is 1.96. The number of thiazole rings is 1. The molecule has 0 aromatic carbocycles. The second kappa shape index (κ2) is 5.44. The molecular weight excluding hydrogens is 196 g/mol. The summed E-state index contributed by atoms with van der Waals surface area (Å²) in [6.07, 6.45) is 0.239. The lowest BCUT2D eigenvalue weighted by Gasteiger charge is -2.19. The van der Waals surface area contributed by atoms with Gasteiger partial charge in [0.05, 0.1) is 17.3 Å². The molecule has 80 valence electrons. The lowest BCUT2D eigenvalue weighted by molar-refractivity contribution is 0.0883. The number of rotatable bonds is 5. The van der Waals surface area contributed by atoms with Gasteiger partial charge in [-0.25, -0.2) is 4.98 Å². The first-order chi connectivity index (χ1) is 6.65. The van der Waals surface area contributed by atoms with Crippen LogP contribution in [0.3, 0.4) is 0 Å². The Bertz CT molecular complexity index is 275. The van der Waals surface area contributed by atoms with Crippen LogP contribution in [0.25, 0.3) is 0 Å². The molecule has 0 spiro atoms. The molecule has 0 aliphatic heterocycles. The predicted molar refractivity (Wildman–Crippen MR) is 59.6 cm³/mol. The lowest BCUT2D eigenvalue weighted by Crippen LogP contribution is -2.36. The molecule has 14 heavy (non-hydrogen) atoms. The minimum absolute atomic E-state index is 0.239. The summed E-state index contributed by atoms with van der Waals surface area (Å²) in [7, 11) is 1.74. The van der Waals surface area contributed by atoms with Crippen molar-refractivity contribution in [2.24, 2.45) is 0 Å². The summed E-state index contributed by atoms with van der Waals surface area (Å²) in [6, 6.07) is 0.362. The first-order valence-electron chi connectivity index (χ1n) is 4.80. The SMILES string of the molecule is COC(C)C(C)NCc1scnc1C. The molecule has 0 aliphatic carbocycles. The van der Waals surface area contributed by atoms with E-state index >= 15 is 0 Å². The molecule has 3 nitrogen and oxygen atoms in total. The standard InChI is InChI=1S/C10H18N2OS/c1-7(9(3)13-4)11-5-10-8(2)12-6-14-10/h6-7,9,11H,5H2,1-4H3. The number of hydrogen-bond donors (Lipinski definition) is 1. The number of methoxy groups -OCH3 is 1. The molecule has 1 heterocycles. The van der Waals surface area contributed by atoms with Gasteiger partial charge < -0.3 is 10.1 Å². The molecular formula is C10H18N2OS. The maximum Gasteiger partial charge on any atom is 0.0798 e. The van der Waals surface area contributed by atoms with Gasteiger partial charge in [0, 0.05) is 24.6 Å². The molecule has 0 radical (unpaired) electrons. The normalized spacial score (nSPS) is 15.4. The minimum atomic E-state index is 0.239. The van der Waals surface area contributed by atoms with Crippen LogP contribution < -0.4 is 5.32 Å². The highest BCUT2D eigenvalue weighted by atomic mass is 32.1. The Morgan fingerprint density at radius 3 is 2.79 bits per heavy atom. The van der Waals surface area contributed by atoms with Crippen molar-refractivity contribution in [1.82, 2.24) is 10.3 Å². The van der Waals surface area contributed by atoms with E-state index in [1.54, 1.807) is 18.4 Å². The molecule has 2 atom stereocenters. The summed E-state index contributed by atoms with van der Waals surface area (Å²) in [5.41, 5.74) is 3.01. The number of hydrogen-bond acceptors (Lipinski definition) is 4. The third-order valence-electron chi connectivity index (χ3n) is 2.51. The van der Waals surface area contributed by atoms with Crippen LogP contribution in [0.4, 0.5) is 0 Å². The number of aromatic nitrogens is 1. The Kier molecular flexibility index (Phi) is 4.51. The summed E-state index contributed by atoms with van der Waals surface area (Å²) in [4.78, 5) is 5.51. The van der Waals surface area contributed by atoms with Gasteiger partial charge >= 0.3 is 0 Å². The molecule has 4 heteroatoms. The van der Waals surface area contributed by atoms with Gasteiger partial charge in [-0.3, -0.25) is 0 Å². The molecule has 2 unspecified atom stereocenters. The van der Waals surface area contributed by atoms with Gasteiger partial charge in [-0.2, -0.15) is 0 Å². The van der Waals surface area contributed by atoms with Crippen molar-refractivity contribution in [2.45, 2.75) is 39.5 Å². The number of ether oxygens (including phenoxy) is 1. The summed E-state index contributed by atoms with van der Waals surface area (Å²) in [5, 5.41) is 3.42. The second-order valence-electron chi connectivity index (χ2n) is 3.47. The Balaban J connectivity index is 2.37. The highest BCUT2D eigenvalue weighted by Crippen LogP contribution is 2.11. The first-order valence-corrected chi connectivity index (χ1v) is 5.68. The van der Waals surface area contributed by atoms with Crippen LogP contribution >= 0.6 is 11.3 Å². The molecule has 1 rings (SSSR count). The van der Waals surface area contributed by atoms with Gasteiger partial charge in [-0.05, 0) is 20.8 Å². The summed E-state index contributed by atoms with van der Waals surface area (Å²) in [5.74, 6) is 0. The molecule has 0 saturated heterocycles. The van der Waals surface area contributed by atoms with E-state index in [1.807, 2.05) is 12.4 Å². The van der Waals surface area contributed by atoms with Crippen LogP contribution in [0, 0.1) is 6.92 Å². The van der Waals surface area contributed by atoms with E-state index in [1.165, 1.54) is 4.88 Å². The van der Waals surface area contributed by atoms with E-state index < -0.39 is 0 Å². The number of nitrogens with one attached hydrogen (secondary N) is 1. The molecule has 0 saturated carbocycles. The molecule has 0 aliphatic rings. The molecule has 1 aromatic rings. The van der Waals surface area contributed by atoms with E-state index in [9.17, 15) is 0 Å². The summed E-state index contributed by atoms with van der Waals surface area (Å²) in [6.45, 7) is 7.12. The average Bonchev–Trinajstić information content (AvgIpc) is 2.59. The zero-order chi connectivity index (χ0) is 10.6. The highest BCUT2D eigenvalue weighted by Gasteiger charge is 2.11. The molecule has 0 fully saturated rings. The van der Waals surface area contributed by atoms with Gasteiger partial charge in [0.1, 0.15) is 0 Å². The fraction of sp³-hybridized carbons (Fsp3) is 0.700. The van der Waals surface area contributed by atoms with Crippen LogP contribution in [0.1, 0.15) is 24.4 Å². The van der Waals surface area contributed by atoms with Crippen molar-refractivity contribution in [3.8, 4) is 0 Å². The monoisotopic (exact) mass is 214 g/mol. The van der Waals surface area contributed by atoms with E-state index in [0.717, 1.165) is 12.2 Å². The van der Waals surface area contributed by atoms with Crippen LogP contribution in [-0.4, -0.2) is 24.2 Å². The maximum absolute atomic E-state index is 5.24. The van der Waals surface area contributed by atoms with Gasteiger partial charge in [0.2, 0.25) is 0 Å². The summed E-state index contributed by atoms with van der Waals surface area (Å²) < 4.78 is 5.24. The van der Waals surface area contributed by atoms with Crippen LogP contribution in [0.5, 0.6) is 0 Å². The van der Waals surface area contributed by atoms with E-state index in [4.69, 9.17) is 4.74 Å². The second-order valence-corrected chi connectivity index (χ2v) is 4.41. The average molecular weight is 214 g/mol. The third kappa shape index (κ3) is 3.04. The third-order valence-corrected chi connectivity index (χ3v) is 3.44. The fourth-order valence-electron chi connectivity index (χ4n) is 1.12. The van der Waals surface area contributed by atoms with Crippen LogP contribution in [0.15, 0.2) is 5.51 Å². The zero-order valence-corrected chi connectivity index (χ0v) is 10.0. The van der Waals surface area contributed by atoms with Crippen molar-refractivity contribution >= 4 is 11.3 Å². The Morgan fingerprint density at radius 2 is 2.29 bits per heavy atom. The largest absolute Gasteiger partial charge is 0.380 e. The number of nitrogens with zero attached hydrogens (tertiary/aromatic N) is 1. The Morgan fingerprint density at radius 1 is 1.57 bits per heavy atom. The van der Waals surface area contributed by atoms with Gasteiger partial charge in [-0.1, -0.05) is 0 Å². The minimum Gasteiger partial charge on any atom is -0.380 e. The van der Waals surface area contributed by atoms with Crippen molar-refractivity contribution in [1.29, 1.82) is 0 Å². The van der Waals surface area contributed by atoms with E-state index in [-0.39, 0.29) is 6.10 Å². The molecule has 1 N–H and O–H groups in total. The topological polar surface area (TPSA) is 34.1 Å². The quantitative estimate of drug-likeness (QED) is 0.813. The first kappa shape index (κ1) is 11.6. The fourth-order valence-corrected chi connectivity index (χ4v) is 1.85. The van der Waals surface area contributed by atoms with Crippen LogP contribution in [0.2, 0.25) is 0 Å². The van der Waals surface area contributed by atoms with Crippen LogP contribution in [-0.2, 0) is 11.3 Å². The van der Waals surface area contributed by atoms with Crippen molar-refractivity contribution < 1.29 is 4.74 Å². The zero-order valence-electron chi connectivity index (χ0n) is 9.20. The van der Waals surface area contributed by atoms with Crippen molar-refractivity contribution in [3.05, 3.63) is 16.1 Å². The number of aryl methyl sites for hydroxylation is 1. The highest BCUT2D eigenvalue weighted by molar-refractivity contribution is 7.09. The maximum atomic E-state index is 5.24. The van der Waals surface area contributed by atoms with Crippen molar-refractivity contribution in [3.63, 3.8) is 0 Å². The smallest absolute Gasteiger partial charge is 0.0798 e. The Hall–Kier alpha value is -0.450. The molecule has 0 bridgehead atoms. The van der Waals surface area contributed by atoms with Gasteiger partial charge in [0.25, 0.3) is 0 Å². The molecule has 0 amide bonds.